The number of imide groups is 2. The van der Waals surface area contributed by atoms with Crippen molar-refractivity contribution in [1.82, 2.24) is 49.7 Å². The third kappa shape index (κ3) is 10.6. The summed E-state index contributed by atoms with van der Waals surface area (Å²) in [6.45, 7) is 7.27. The van der Waals surface area contributed by atoms with Gasteiger partial charge in [-0.15, -0.1) is 0 Å². The largest absolute Gasteiger partial charge is 0.498 e. The second-order valence-corrected chi connectivity index (χ2v) is 16.7. The Morgan fingerprint density at radius 1 is 0.559 bits per heavy atom. The summed E-state index contributed by atoms with van der Waals surface area (Å²) >= 11 is 17.4. The topological polar surface area (TPSA) is 196 Å². The summed E-state index contributed by atoms with van der Waals surface area (Å²) < 4.78 is 86.3. The molecule has 68 heavy (non-hydrogen) atoms. The lowest BCUT2D eigenvalue weighted by molar-refractivity contribution is -0.145. The SMILES string of the molecule is CC1(C)OB(c2cnc(C(F)(F)F)nc2)OC1(C)C.O=C1c2ccccc2C(=O)N1Cc1cc(-c2cnc(C(F)(F)F)nc2)nc(Cl)n1.O=C1c2ccccc2C(=O)N1Cc1cc(Cl)nc(Cl)n1. The summed E-state index contributed by atoms with van der Waals surface area (Å²) in [6, 6.07) is 15.9. The molecule has 1 fully saturated rings. The second kappa shape index (κ2) is 18.9. The summed E-state index contributed by atoms with van der Waals surface area (Å²) in [5.41, 5.74) is 1.58. The Balaban J connectivity index is 0.000000156. The molecule has 0 radical (unpaired) electrons. The number of rotatable bonds is 6. The number of alkyl halides is 6. The average Bonchev–Trinajstić information content (AvgIpc) is 3.76. The van der Waals surface area contributed by atoms with E-state index in [0.717, 1.165) is 34.6 Å². The van der Waals surface area contributed by atoms with Crippen molar-refractivity contribution in [2.24, 2.45) is 0 Å². The lowest BCUT2D eigenvalue weighted by atomic mass is 9.81. The Kier molecular flexibility index (Phi) is 13.7. The molecule has 1 saturated heterocycles. The van der Waals surface area contributed by atoms with Gasteiger partial charge in [-0.1, -0.05) is 35.9 Å². The monoisotopic (exact) mass is 1000 g/mol. The first-order valence-corrected chi connectivity index (χ1v) is 20.7. The van der Waals surface area contributed by atoms with Crippen LogP contribution < -0.4 is 5.46 Å². The molecule has 0 bridgehead atoms. The van der Waals surface area contributed by atoms with E-state index in [1.54, 1.807) is 48.5 Å². The number of carbonyl (C=O) groups is 4. The summed E-state index contributed by atoms with van der Waals surface area (Å²) in [6.07, 6.45) is -5.14. The van der Waals surface area contributed by atoms with Gasteiger partial charge in [-0.25, -0.2) is 39.9 Å². The van der Waals surface area contributed by atoms with E-state index in [1.807, 2.05) is 27.7 Å². The standard InChI is InChI=1S/C18H9ClF3N5O2.C13H7Cl2N3O2.C11H14BF3N2O2/c19-17-25-10(8-27-14(28)11-3-1-2-4-12(11)15(27)29)5-13(26-17)9-6-23-16(24-7-9)18(20,21)22;14-10-5-7(16-13(15)17-10)6-18-11(19)8-3-1-2-4-9(8)12(18)20;1-9(2)10(3,4)19-12(18-9)7-5-16-8(17-6-7)11(13,14)15/h1-7H,8H2;1-5H,6H2;5-6H,1-4H3. The number of fused-ring (bicyclic) bond motifs is 2. The predicted molar refractivity (Wildman–Crippen MR) is 229 cm³/mol. The molecule has 0 spiro atoms. The maximum Gasteiger partial charge on any atom is 0.498 e. The number of nitrogens with zero attached hydrogens (tertiary/aromatic N) is 10. The zero-order chi connectivity index (χ0) is 49.5. The zero-order valence-corrected chi connectivity index (χ0v) is 37.7. The zero-order valence-electron chi connectivity index (χ0n) is 35.4. The van der Waals surface area contributed by atoms with Crippen molar-refractivity contribution in [3.63, 3.8) is 0 Å². The Hall–Kier alpha value is -6.53. The molecule has 0 atom stereocenters. The molecule has 9 rings (SSSR count). The number of halogens is 9. The number of hydrogen-bond donors (Lipinski definition) is 0. The average molecular weight is 1000 g/mol. The molecular formula is C42H30BCl3F6N10O6. The van der Waals surface area contributed by atoms with Gasteiger partial charge in [0.2, 0.25) is 22.2 Å². The van der Waals surface area contributed by atoms with Gasteiger partial charge in [0.1, 0.15) is 5.15 Å². The summed E-state index contributed by atoms with van der Waals surface area (Å²) in [5.74, 6) is -4.10. The summed E-state index contributed by atoms with van der Waals surface area (Å²) in [7, 11) is -0.757. The maximum absolute atomic E-state index is 12.6. The normalized spacial score (nSPS) is 16.0. The van der Waals surface area contributed by atoms with Crippen molar-refractivity contribution in [3.8, 4) is 11.3 Å². The van der Waals surface area contributed by atoms with Crippen molar-refractivity contribution < 1.29 is 54.8 Å². The molecule has 0 N–H and O–H groups in total. The van der Waals surface area contributed by atoms with Crippen molar-refractivity contribution >= 4 is 71.0 Å². The van der Waals surface area contributed by atoms with Crippen molar-refractivity contribution in [3.05, 3.63) is 146 Å². The molecule has 3 aliphatic rings. The number of aromatic nitrogens is 8. The highest BCUT2D eigenvalue weighted by Gasteiger charge is 2.52. The van der Waals surface area contributed by atoms with Crippen LogP contribution >= 0.6 is 34.8 Å². The molecule has 7 heterocycles. The fourth-order valence-corrected chi connectivity index (χ4v) is 7.14. The minimum Gasteiger partial charge on any atom is -0.399 e. The molecule has 0 unspecified atom stereocenters. The lowest BCUT2D eigenvalue weighted by Crippen LogP contribution is -2.41. The fourth-order valence-electron chi connectivity index (χ4n) is 6.49. The highest BCUT2D eigenvalue weighted by molar-refractivity contribution is 6.61. The van der Waals surface area contributed by atoms with E-state index >= 15 is 0 Å². The van der Waals surface area contributed by atoms with Gasteiger partial charge in [-0.3, -0.25) is 29.0 Å². The summed E-state index contributed by atoms with van der Waals surface area (Å²) in [5, 5.41) is -0.0604. The number of benzene rings is 2. The second-order valence-electron chi connectivity index (χ2n) is 15.7. The van der Waals surface area contributed by atoms with Gasteiger partial charge >= 0.3 is 19.5 Å². The molecule has 4 aromatic heterocycles. The Morgan fingerprint density at radius 3 is 1.31 bits per heavy atom. The molecule has 0 saturated carbocycles. The quantitative estimate of drug-likeness (QED) is 0.0516. The molecular weight excluding hydrogens is 972 g/mol. The van der Waals surface area contributed by atoms with Crippen LogP contribution in [0.15, 0.2) is 85.5 Å². The van der Waals surface area contributed by atoms with Crippen LogP contribution in [0.5, 0.6) is 0 Å². The minimum absolute atomic E-state index is 0.00824. The van der Waals surface area contributed by atoms with E-state index in [2.05, 4.69) is 39.9 Å². The summed E-state index contributed by atoms with van der Waals surface area (Å²) in [4.78, 5) is 80.2. The molecule has 6 aromatic rings. The third-order valence-electron chi connectivity index (χ3n) is 10.5. The van der Waals surface area contributed by atoms with Gasteiger partial charge < -0.3 is 9.31 Å². The van der Waals surface area contributed by atoms with Crippen LogP contribution in [-0.2, 0) is 34.8 Å². The van der Waals surface area contributed by atoms with E-state index in [-0.39, 0.29) is 68.7 Å². The van der Waals surface area contributed by atoms with E-state index in [0.29, 0.717) is 22.3 Å². The van der Waals surface area contributed by atoms with Gasteiger partial charge in [0.15, 0.2) is 0 Å². The molecule has 4 amide bonds. The molecule has 0 aliphatic carbocycles. The lowest BCUT2D eigenvalue weighted by Gasteiger charge is -2.32. The van der Waals surface area contributed by atoms with Gasteiger partial charge in [-0.05, 0) is 87.3 Å². The van der Waals surface area contributed by atoms with Gasteiger partial charge in [-0.2, -0.15) is 26.3 Å². The Morgan fingerprint density at radius 2 is 0.926 bits per heavy atom. The first-order valence-electron chi connectivity index (χ1n) is 19.6. The minimum atomic E-state index is -4.67. The van der Waals surface area contributed by atoms with E-state index in [1.165, 1.54) is 12.1 Å². The Bertz CT molecular complexity index is 2850. The highest BCUT2D eigenvalue weighted by atomic mass is 35.5. The van der Waals surface area contributed by atoms with E-state index in [4.69, 9.17) is 44.1 Å². The Labute approximate surface area is 396 Å². The van der Waals surface area contributed by atoms with Crippen LogP contribution in [-0.4, -0.2) is 91.6 Å². The third-order valence-corrected chi connectivity index (χ3v) is 11.1. The van der Waals surface area contributed by atoms with Crippen LogP contribution in [0.3, 0.4) is 0 Å². The van der Waals surface area contributed by atoms with Gasteiger partial charge in [0, 0.05) is 35.8 Å². The van der Waals surface area contributed by atoms with Crippen molar-refractivity contribution in [1.29, 1.82) is 0 Å². The van der Waals surface area contributed by atoms with E-state index < -0.39 is 54.1 Å². The van der Waals surface area contributed by atoms with Crippen LogP contribution in [0.25, 0.3) is 11.3 Å². The fraction of sp³-hybridized carbons (Fsp3) is 0.238. The molecule has 350 valence electrons. The smallest absolute Gasteiger partial charge is 0.399 e. The van der Waals surface area contributed by atoms with Crippen molar-refractivity contribution in [2.75, 3.05) is 0 Å². The van der Waals surface area contributed by atoms with Crippen LogP contribution in [0.2, 0.25) is 15.7 Å². The molecule has 16 nitrogen and oxygen atoms in total. The molecule has 2 aromatic carbocycles. The van der Waals surface area contributed by atoms with Gasteiger partial charge in [0.05, 0.1) is 63.6 Å². The number of amides is 4. The maximum atomic E-state index is 12.6. The van der Waals surface area contributed by atoms with E-state index in [9.17, 15) is 45.5 Å². The predicted octanol–water partition coefficient (Wildman–Crippen LogP) is 7.78. The van der Waals surface area contributed by atoms with Gasteiger partial charge in [0.25, 0.3) is 23.6 Å². The first kappa shape index (κ1) is 49.4. The highest BCUT2D eigenvalue weighted by Crippen LogP contribution is 2.37. The first-order chi connectivity index (χ1) is 31.8. The van der Waals surface area contributed by atoms with Crippen LogP contribution in [0.1, 0.15) is 92.2 Å². The molecule has 3 aliphatic heterocycles. The number of hydrogen-bond acceptors (Lipinski definition) is 14. The molecule has 26 heteroatoms. The van der Waals surface area contributed by atoms with Crippen molar-refractivity contribution in [2.45, 2.75) is 64.3 Å². The van der Waals surface area contributed by atoms with Crippen LogP contribution in [0.4, 0.5) is 26.3 Å². The van der Waals surface area contributed by atoms with Crippen LogP contribution in [0, 0.1) is 0 Å². The number of carbonyl (C=O) groups excluding carboxylic acids is 4.